The van der Waals surface area contributed by atoms with Crippen molar-refractivity contribution in [1.29, 1.82) is 0 Å². The molecule has 1 amide bonds. The van der Waals surface area contributed by atoms with Crippen LogP contribution in [-0.2, 0) is 11.2 Å². The second kappa shape index (κ2) is 8.19. The second-order valence-electron chi connectivity index (χ2n) is 5.50. The van der Waals surface area contributed by atoms with Crippen LogP contribution in [0.15, 0.2) is 48.5 Å². The number of likely N-dealkylation sites (N-methyl/N-ethyl adjacent to an activating group) is 1. The van der Waals surface area contributed by atoms with Gasteiger partial charge in [-0.15, -0.1) is 0 Å². The van der Waals surface area contributed by atoms with Crippen LogP contribution in [0.1, 0.15) is 15.9 Å². The van der Waals surface area contributed by atoms with Gasteiger partial charge < -0.3 is 19.5 Å². The molecular formula is C19H21NO5. The number of benzene rings is 2. The summed E-state index contributed by atoms with van der Waals surface area (Å²) in [6, 6.07) is 13.1. The lowest BCUT2D eigenvalue weighted by Gasteiger charge is -2.26. The molecule has 1 atom stereocenters. The van der Waals surface area contributed by atoms with Crippen molar-refractivity contribution >= 4 is 11.9 Å². The summed E-state index contributed by atoms with van der Waals surface area (Å²) in [6.45, 7) is 0. The first kappa shape index (κ1) is 18.3. The van der Waals surface area contributed by atoms with E-state index < -0.39 is 17.9 Å². The minimum absolute atomic E-state index is 0.213. The lowest BCUT2D eigenvalue weighted by molar-refractivity contribution is -0.141. The van der Waals surface area contributed by atoms with Crippen molar-refractivity contribution in [3.63, 3.8) is 0 Å². The zero-order valence-electron chi connectivity index (χ0n) is 14.4. The van der Waals surface area contributed by atoms with Gasteiger partial charge in [0.1, 0.15) is 6.04 Å². The van der Waals surface area contributed by atoms with Gasteiger partial charge in [-0.25, -0.2) is 4.79 Å². The van der Waals surface area contributed by atoms with Crippen LogP contribution in [-0.4, -0.2) is 49.2 Å². The average Bonchev–Trinajstić information content (AvgIpc) is 2.64. The third-order valence-electron chi connectivity index (χ3n) is 3.98. The molecule has 0 bridgehead atoms. The monoisotopic (exact) mass is 343 g/mol. The number of hydrogen-bond acceptors (Lipinski definition) is 4. The summed E-state index contributed by atoms with van der Waals surface area (Å²) in [5.74, 6) is -0.817. The third-order valence-corrected chi connectivity index (χ3v) is 3.98. The summed E-state index contributed by atoms with van der Waals surface area (Å²) in [5, 5.41) is 9.58. The predicted octanol–water partition coefficient (Wildman–Crippen LogP) is 2.47. The van der Waals surface area contributed by atoms with Gasteiger partial charge in [0.2, 0.25) is 0 Å². The molecule has 0 saturated heterocycles. The molecule has 0 aromatic heterocycles. The molecule has 0 saturated carbocycles. The van der Waals surface area contributed by atoms with Crippen molar-refractivity contribution in [1.82, 2.24) is 4.90 Å². The molecule has 0 heterocycles. The van der Waals surface area contributed by atoms with Crippen LogP contribution >= 0.6 is 0 Å². The number of aliphatic carboxylic acids is 1. The van der Waals surface area contributed by atoms with Crippen molar-refractivity contribution in [3.05, 3.63) is 59.7 Å². The smallest absolute Gasteiger partial charge is 0.326 e. The van der Waals surface area contributed by atoms with E-state index in [1.165, 1.54) is 26.2 Å². The summed E-state index contributed by atoms with van der Waals surface area (Å²) < 4.78 is 10.5. The van der Waals surface area contributed by atoms with Gasteiger partial charge in [0.05, 0.1) is 19.8 Å². The van der Waals surface area contributed by atoms with E-state index >= 15 is 0 Å². The van der Waals surface area contributed by atoms with Crippen LogP contribution in [0.2, 0.25) is 0 Å². The van der Waals surface area contributed by atoms with E-state index in [1.807, 2.05) is 30.3 Å². The maximum atomic E-state index is 12.9. The van der Waals surface area contributed by atoms with E-state index in [4.69, 9.17) is 9.47 Å². The van der Waals surface area contributed by atoms with Crippen LogP contribution in [0.4, 0.5) is 0 Å². The highest BCUT2D eigenvalue weighted by Crippen LogP contribution is 2.31. The molecule has 1 unspecified atom stereocenters. The molecule has 0 spiro atoms. The molecule has 2 aromatic carbocycles. The topological polar surface area (TPSA) is 76.1 Å². The number of carboxylic acids is 1. The number of carboxylic acid groups (broad SMARTS) is 1. The molecule has 0 aliphatic rings. The Labute approximate surface area is 146 Å². The number of para-hydroxylation sites is 1. The number of amides is 1. The molecule has 0 aliphatic heterocycles. The van der Waals surface area contributed by atoms with Crippen LogP contribution in [0.5, 0.6) is 11.5 Å². The van der Waals surface area contributed by atoms with Crippen molar-refractivity contribution in [2.24, 2.45) is 0 Å². The number of carbonyl (C=O) groups is 2. The highest BCUT2D eigenvalue weighted by atomic mass is 16.5. The summed E-state index contributed by atoms with van der Waals surface area (Å²) in [7, 11) is 4.39. The van der Waals surface area contributed by atoms with Gasteiger partial charge in [-0.05, 0) is 17.7 Å². The van der Waals surface area contributed by atoms with Gasteiger partial charge in [-0.2, -0.15) is 0 Å². The molecule has 25 heavy (non-hydrogen) atoms. The standard InChI is InChI=1S/C19H21NO5/c1-20(15(19(22)23)12-13-8-5-4-6-9-13)18(21)14-10-7-11-16(24-2)17(14)25-3/h4-11,15H,12H2,1-3H3,(H,22,23). The first-order valence-corrected chi connectivity index (χ1v) is 7.74. The highest BCUT2D eigenvalue weighted by molar-refractivity contribution is 5.99. The Morgan fingerprint density at radius 1 is 1.04 bits per heavy atom. The van der Waals surface area contributed by atoms with Crippen molar-refractivity contribution in [2.75, 3.05) is 21.3 Å². The number of hydrogen-bond donors (Lipinski definition) is 1. The highest BCUT2D eigenvalue weighted by Gasteiger charge is 2.29. The summed E-state index contributed by atoms with van der Waals surface area (Å²) in [4.78, 5) is 25.8. The molecule has 6 heteroatoms. The number of carbonyl (C=O) groups excluding carboxylic acids is 1. The number of nitrogens with zero attached hydrogens (tertiary/aromatic N) is 1. The third kappa shape index (κ3) is 4.09. The Morgan fingerprint density at radius 2 is 1.72 bits per heavy atom. The zero-order valence-corrected chi connectivity index (χ0v) is 14.4. The van der Waals surface area contributed by atoms with Crippen LogP contribution in [0, 0.1) is 0 Å². The van der Waals surface area contributed by atoms with E-state index in [9.17, 15) is 14.7 Å². The van der Waals surface area contributed by atoms with Crippen molar-refractivity contribution in [3.8, 4) is 11.5 Å². The molecule has 0 aliphatic carbocycles. The predicted molar refractivity (Wildman–Crippen MR) is 93.2 cm³/mol. The Morgan fingerprint density at radius 3 is 2.28 bits per heavy atom. The minimum Gasteiger partial charge on any atom is -0.493 e. The quantitative estimate of drug-likeness (QED) is 0.836. The molecule has 6 nitrogen and oxygen atoms in total. The lowest BCUT2D eigenvalue weighted by Crippen LogP contribution is -2.44. The molecular weight excluding hydrogens is 322 g/mol. The molecule has 2 rings (SSSR count). The van der Waals surface area contributed by atoms with E-state index in [-0.39, 0.29) is 17.7 Å². The Hall–Kier alpha value is -3.02. The number of ether oxygens (including phenoxy) is 2. The maximum absolute atomic E-state index is 12.9. The zero-order chi connectivity index (χ0) is 18.4. The van der Waals surface area contributed by atoms with Gasteiger partial charge in [-0.3, -0.25) is 4.79 Å². The van der Waals surface area contributed by atoms with Gasteiger partial charge in [-0.1, -0.05) is 36.4 Å². The lowest BCUT2D eigenvalue weighted by atomic mass is 10.0. The largest absolute Gasteiger partial charge is 0.493 e. The molecule has 2 aromatic rings. The SMILES string of the molecule is COc1cccc(C(=O)N(C)C(Cc2ccccc2)C(=O)O)c1OC. The second-order valence-corrected chi connectivity index (χ2v) is 5.50. The molecule has 0 radical (unpaired) electrons. The molecule has 0 fully saturated rings. The normalized spacial score (nSPS) is 11.5. The minimum atomic E-state index is -1.07. The van der Waals surface area contributed by atoms with E-state index in [0.717, 1.165) is 5.56 Å². The average molecular weight is 343 g/mol. The molecule has 132 valence electrons. The van der Waals surface area contributed by atoms with Crippen LogP contribution in [0.3, 0.4) is 0 Å². The van der Waals surface area contributed by atoms with Gasteiger partial charge in [0, 0.05) is 13.5 Å². The van der Waals surface area contributed by atoms with E-state index in [2.05, 4.69) is 0 Å². The first-order valence-electron chi connectivity index (χ1n) is 7.74. The van der Waals surface area contributed by atoms with Crippen LogP contribution < -0.4 is 9.47 Å². The Kier molecular flexibility index (Phi) is 6.00. The fourth-order valence-corrected chi connectivity index (χ4v) is 2.61. The van der Waals surface area contributed by atoms with Gasteiger partial charge in [0.25, 0.3) is 5.91 Å². The number of methoxy groups -OCH3 is 2. The van der Waals surface area contributed by atoms with E-state index in [0.29, 0.717) is 5.75 Å². The van der Waals surface area contributed by atoms with Crippen LogP contribution in [0.25, 0.3) is 0 Å². The summed E-state index contributed by atoms with van der Waals surface area (Å²) in [6.07, 6.45) is 0.213. The Balaban J connectivity index is 2.32. The van der Waals surface area contributed by atoms with Crippen molar-refractivity contribution < 1.29 is 24.2 Å². The fraction of sp³-hybridized carbons (Fsp3) is 0.263. The van der Waals surface area contributed by atoms with E-state index in [1.54, 1.807) is 18.2 Å². The summed E-state index contributed by atoms with van der Waals surface area (Å²) >= 11 is 0. The fourth-order valence-electron chi connectivity index (χ4n) is 2.61. The summed E-state index contributed by atoms with van der Waals surface area (Å²) in [5.41, 5.74) is 1.09. The maximum Gasteiger partial charge on any atom is 0.326 e. The van der Waals surface area contributed by atoms with Gasteiger partial charge >= 0.3 is 5.97 Å². The Bertz CT molecular complexity index is 745. The first-order chi connectivity index (χ1) is 12.0. The van der Waals surface area contributed by atoms with Crippen molar-refractivity contribution in [2.45, 2.75) is 12.5 Å². The number of rotatable bonds is 7. The van der Waals surface area contributed by atoms with Gasteiger partial charge in [0.15, 0.2) is 11.5 Å². The molecule has 1 N–H and O–H groups in total.